The zero-order chi connectivity index (χ0) is 7.68. The monoisotopic (exact) mass is 186 g/mol. The smallest absolute Gasteiger partial charge is 0.159 e. The average molecular weight is 187 g/mol. The summed E-state index contributed by atoms with van der Waals surface area (Å²) in [5.74, 6) is 0.860. The molecule has 2 rings (SSSR count). The molecule has 0 aromatic carbocycles. The van der Waals surface area contributed by atoms with E-state index in [1.165, 1.54) is 5.57 Å². The summed E-state index contributed by atoms with van der Waals surface area (Å²) in [4.78, 5) is 0. The first-order valence-corrected chi connectivity index (χ1v) is 3.68. The molecule has 1 aliphatic heterocycles. The van der Waals surface area contributed by atoms with Gasteiger partial charge in [0.15, 0.2) is 5.76 Å². The minimum atomic E-state index is 0. The van der Waals surface area contributed by atoms with Crippen LogP contribution in [0.2, 0.25) is 0 Å². The van der Waals surface area contributed by atoms with Crippen LogP contribution in [0.25, 0.3) is 6.08 Å². The van der Waals surface area contributed by atoms with Gasteiger partial charge in [0, 0.05) is 19.2 Å². The number of nitrogens with one attached hydrogen (secondary N) is 1. The summed E-state index contributed by atoms with van der Waals surface area (Å²) < 4.78 is 5.02. The van der Waals surface area contributed by atoms with Crippen LogP contribution in [0.3, 0.4) is 0 Å². The van der Waals surface area contributed by atoms with Crippen LogP contribution >= 0.6 is 12.4 Å². The van der Waals surface area contributed by atoms with Crippen molar-refractivity contribution in [2.24, 2.45) is 0 Å². The Labute approximate surface area is 77.2 Å². The minimum Gasteiger partial charge on any atom is -0.357 e. The molecule has 0 amide bonds. The molecule has 0 aliphatic carbocycles. The second kappa shape index (κ2) is 3.74. The standard InChI is InChI=1S/C8H10N2O.ClH/c1-6-2-8(11-10-6)3-7-4-9-5-7;/h2-3,9H,4-5H2,1H3;1H. The highest BCUT2D eigenvalue weighted by Crippen LogP contribution is 2.10. The maximum atomic E-state index is 5.02. The van der Waals surface area contributed by atoms with E-state index in [4.69, 9.17) is 4.52 Å². The number of aryl methyl sites for hydroxylation is 1. The van der Waals surface area contributed by atoms with Crippen LogP contribution in [0, 0.1) is 6.92 Å². The van der Waals surface area contributed by atoms with E-state index in [0.29, 0.717) is 0 Å². The van der Waals surface area contributed by atoms with Crippen molar-refractivity contribution in [2.45, 2.75) is 6.92 Å². The van der Waals surface area contributed by atoms with Gasteiger partial charge in [-0.2, -0.15) is 0 Å². The molecular weight excluding hydrogens is 176 g/mol. The molecule has 12 heavy (non-hydrogen) atoms. The fourth-order valence-corrected chi connectivity index (χ4v) is 1.02. The Hall–Kier alpha value is -0.800. The largest absolute Gasteiger partial charge is 0.357 e. The molecule has 1 aliphatic rings. The number of hydrogen-bond donors (Lipinski definition) is 1. The maximum absolute atomic E-state index is 5.02. The molecular formula is C8H11ClN2O. The summed E-state index contributed by atoms with van der Waals surface area (Å²) in [7, 11) is 0. The first-order valence-electron chi connectivity index (χ1n) is 3.68. The van der Waals surface area contributed by atoms with E-state index in [2.05, 4.69) is 10.5 Å². The molecule has 2 heterocycles. The van der Waals surface area contributed by atoms with Gasteiger partial charge in [-0.1, -0.05) is 5.16 Å². The fourth-order valence-electron chi connectivity index (χ4n) is 1.02. The van der Waals surface area contributed by atoms with Gasteiger partial charge in [0.1, 0.15) is 0 Å². The van der Waals surface area contributed by atoms with Gasteiger partial charge in [-0.15, -0.1) is 12.4 Å². The van der Waals surface area contributed by atoms with Crippen molar-refractivity contribution in [1.29, 1.82) is 0 Å². The Balaban J connectivity index is 0.000000720. The Kier molecular flexibility index (Phi) is 2.89. The van der Waals surface area contributed by atoms with Crippen molar-refractivity contribution in [2.75, 3.05) is 13.1 Å². The number of halogens is 1. The summed E-state index contributed by atoms with van der Waals surface area (Å²) in [6.45, 7) is 3.89. The Morgan fingerprint density at radius 3 is 2.75 bits per heavy atom. The highest BCUT2D eigenvalue weighted by atomic mass is 35.5. The molecule has 1 aromatic heterocycles. The predicted molar refractivity (Wildman–Crippen MR) is 49.3 cm³/mol. The zero-order valence-electron chi connectivity index (χ0n) is 6.83. The number of hydrogen-bond acceptors (Lipinski definition) is 3. The number of aromatic nitrogens is 1. The minimum absolute atomic E-state index is 0. The maximum Gasteiger partial charge on any atom is 0.159 e. The van der Waals surface area contributed by atoms with Gasteiger partial charge in [-0.05, 0) is 18.6 Å². The zero-order valence-corrected chi connectivity index (χ0v) is 7.65. The normalized spacial score (nSPS) is 14.9. The van der Waals surface area contributed by atoms with Crippen molar-refractivity contribution < 1.29 is 4.52 Å². The number of rotatable bonds is 1. The molecule has 0 spiro atoms. The molecule has 4 heteroatoms. The summed E-state index contributed by atoms with van der Waals surface area (Å²) in [6, 6.07) is 1.94. The molecule has 0 unspecified atom stereocenters. The summed E-state index contributed by atoms with van der Waals surface area (Å²) >= 11 is 0. The van der Waals surface area contributed by atoms with Gasteiger partial charge < -0.3 is 9.84 Å². The summed E-state index contributed by atoms with van der Waals surface area (Å²) in [5.41, 5.74) is 2.31. The van der Waals surface area contributed by atoms with Crippen molar-refractivity contribution in [3.8, 4) is 0 Å². The lowest BCUT2D eigenvalue weighted by Crippen LogP contribution is -2.33. The van der Waals surface area contributed by atoms with Crippen LogP contribution in [-0.4, -0.2) is 18.2 Å². The third kappa shape index (κ3) is 1.87. The molecule has 1 N–H and O–H groups in total. The molecule has 0 radical (unpaired) electrons. The average Bonchev–Trinajstić information content (AvgIpc) is 2.27. The lowest BCUT2D eigenvalue weighted by atomic mass is 10.1. The van der Waals surface area contributed by atoms with E-state index in [0.717, 1.165) is 24.5 Å². The lowest BCUT2D eigenvalue weighted by molar-refractivity contribution is 0.407. The van der Waals surface area contributed by atoms with Crippen molar-refractivity contribution in [3.05, 3.63) is 23.1 Å². The SMILES string of the molecule is Cc1cc(C=C2CNC2)on1.Cl. The Bertz CT molecular complexity index is 287. The third-order valence-corrected chi connectivity index (χ3v) is 1.70. The highest BCUT2D eigenvalue weighted by Gasteiger charge is 2.07. The molecule has 0 saturated carbocycles. The molecule has 66 valence electrons. The van der Waals surface area contributed by atoms with Crippen molar-refractivity contribution >= 4 is 18.5 Å². The van der Waals surface area contributed by atoms with Crippen molar-refractivity contribution in [3.63, 3.8) is 0 Å². The van der Waals surface area contributed by atoms with Crippen LogP contribution in [0.15, 0.2) is 16.2 Å². The van der Waals surface area contributed by atoms with Gasteiger partial charge in [-0.3, -0.25) is 0 Å². The van der Waals surface area contributed by atoms with E-state index in [1.54, 1.807) is 0 Å². The molecule has 1 aromatic rings. The van der Waals surface area contributed by atoms with Gasteiger partial charge in [-0.25, -0.2) is 0 Å². The topological polar surface area (TPSA) is 38.1 Å². The second-order valence-corrected chi connectivity index (χ2v) is 2.78. The Morgan fingerprint density at radius 2 is 2.33 bits per heavy atom. The van der Waals surface area contributed by atoms with E-state index in [-0.39, 0.29) is 12.4 Å². The summed E-state index contributed by atoms with van der Waals surface area (Å²) in [5, 5.41) is 6.95. The highest BCUT2D eigenvalue weighted by molar-refractivity contribution is 5.85. The third-order valence-electron chi connectivity index (χ3n) is 1.70. The molecule has 3 nitrogen and oxygen atoms in total. The second-order valence-electron chi connectivity index (χ2n) is 2.78. The van der Waals surface area contributed by atoms with Gasteiger partial charge in [0.05, 0.1) is 5.69 Å². The van der Waals surface area contributed by atoms with Crippen LogP contribution in [0.5, 0.6) is 0 Å². The number of nitrogens with zero attached hydrogens (tertiary/aromatic N) is 1. The van der Waals surface area contributed by atoms with Crippen LogP contribution < -0.4 is 5.32 Å². The molecule has 1 saturated heterocycles. The molecule has 1 fully saturated rings. The quantitative estimate of drug-likeness (QED) is 0.721. The first kappa shape index (κ1) is 9.29. The van der Waals surface area contributed by atoms with E-state index >= 15 is 0 Å². The van der Waals surface area contributed by atoms with Crippen LogP contribution in [-0.2, 0) is 0 Å². The summed E-state index contributed by atoms with van der Waals surface area (Å²) in [6.07, 6.45) is 2.04. The Morgan fingerprint density at radius 1 is 1.58 bits per heavy atom. The van der Waals surface area contributed by atoms with E-state index < -0.39 is 0 Å². The predicted octanol–water partition coefficient (Wildman–Crippen LogP) is 1.39. The fraction of sp³-hybridized carbons (Fsp3) is 0.375. The van der Waals surface area contributed by atoms with Gasteiger partial charge in [0.2, 0.25) is 0 Å². The van der Waals surface area contributed by atoms with Gasteiger partial charge in [0.25, 0.3) is 0 Å². The van der Waals surface area contributed by atoms with Gasteiger partial charge >= 0.3 is 0 Å². The van der Waals surface area contributed by atoms with Crippen LogP contribution in [0.4, 0.5) is 0 Å². The van der Waals surface area contributed by atoms with Crippen molar-refractivity contribution in [1.82, 2.24) is 10.5 Å². The molecule has 0 bridgehead atoms. The first-order chi connectivity index (χ1) is 5.34. The van der Waals surface area contributed by atoms with E-state index in [1.807, 2.05) is 19.1 Å². The van der Waals surface area contributed by atoms with E-state index in [9.17, 15) is 0 Å². The lowest BCUT2D eigenvalue weighted by Gasteiger charge is -2.17. The molecule has 0 atom stereocenters. The van der Waals surface area contributed by atoms with Crippen LogP contribution in [0.1, 0.15) is 11.5 Å².